The van der Waals surface area contributed by atoms with Crippen LogP contribution in [0.5, 0.6) is 5.75 Å². The molecule has 0 saturated carbocycles. The van der Waals surface area contributed by atoms with E-state index in [2.05, 4.69) is 51.3 Å². The average Bonchev–Trinajstić information content (AvgIpc) is 3.65. The monoisotopic (exact) mass is 525 g/mol. The van der Waals surface area contributed by atoms with Gasteiger partial charge in [-0.25, -0.2) is 4.98 Å². The minimum atomic E-state index is -0.889. The van der Waals surface area contributed by atoms with Crippen LogP contribution in [-0.4, -0.2) is 83.4 Å². The van der Waals surface area contributed by atoms with Crippen LogP contribution < -0.4 is 9.64 Å². The van der Waals surface area contributed by atoms with E-state index in [9.17, 15) is 15.5 Å². The Kier molecular flexibility index (Phi) is 7.18. The minimum absolute atomic E-state index is 0.154. The molecule has 2 fully saturated rings. The van der Waals surface area contributed by atoms with Crippen LogP contribution in [-0.2, 0) is 4.74 Å². The van der Waals surface area contributed by atoms with E-state index < -0.39 is 6.23 Å². The first-order chi connectivity index (χ1) is 19.1. The van der Waals surface area contributed by atoms with E-state index in [4.69, 9.17) is 9.47 Å². The first-order valence-corrected chi connectivity index (χ1v) is 13.3. The number of morpholine rings is 1. The number of hydrogen-bond donors (Lipinski definition) is 3. The van der Waals surface area contributed by atoms with Crippen molar-refractivity contribution >= 4 is 16.7 Å². The third kappa shape index (κ3) is 5.20. The lowest BCUT2D eigenvalue weighted by atomic mass is 10.0. The fraction of sp³-hybridized carbons (Fsp3) is 0.333. The Morgan fingerprint density at radius 1 is 1.08 bits per heavy atom. The number of H-pyrrole nitrogens is 1. The lowest BCUT2D eigenvalue weighted by Crippen LogP contribution is -2.37. The second kappa shape index (κ2) is 11.0. The van der Waals surface area contributed by atoms with Crippen LogP contribution in [0.4, 0.5) is 5.69 Å². The highest BCUT2D eigenvalue weighted by Gasteiger charge is 2.28. The maximum Gasteiger partial charge on any atom is 0.138 e. The van der Waals surface area contributed by atoms with Gasteiger partial charge in [0, 0.05) is 49.1 Å². The summed E-state index contributed by atoms with van der Waals surface area (Å²) in [4.78, 5) is 12.1. The van der Waals surface area contributed by atoms with Crippen LogP contribution in [0.25, 0.3) is 33.4 Å². The summed E-state index contributed by atoms with van der Waals surface area (Å²) in [6, 6.07) is 20.5. The molecular formula is C30H31N5O4. The van der Waals surface area contributed by atoms with Crippen molar-refractivity contribution in [2.24, 2.45) is 0 Å². The number of likely N-dealkylation sites (tertiary alicyclic amines) is 1. The molecule has 2 aliphatic heterocycles. The third-order valence-corrected chi connectivity index (χ3v) is 7.55. The molecule has 2 aromatic heterocycles. The molecule has 0 aliphatic carbocycles. The topological polar surface area (TPSA) is 118 Å². The molecule has 0 radical (unpaired) electrons. The van der Waals surface area contributed by atoms with Gasteiger partial charge in [0.05, 0.1) is 25.4 Å². The number of pyridine rings is 1. The van der Waals surface area contributed by atoms with Gasteiger partial charge in [-0.15, -0.1) is 0 Å². The number of aromatic nitrogens is 2. The summed E-state index contributed by atoms with van der Waals surface area (Å²) in [7, 11) is 0. The third-order valence-electron chi connectivity index (χ3n) is 7.55. The Labute approximate surface area is 226 Å². The van der Waals surface area contributed by atoms with Crippen LogP contribution in [0.3, 0.4) is 0 Å². The number of ether oxygens (including phenoxy) is 2. The molecule has 200 valence electrons. The van der Waals surface area contributed by atoms with E-state index >= 15 is 0 Å². The van der Waals surface area contributed by atoms with E-state index in [-0.39, 0.29) is 12.7 Å². The number of rotatable bonds is 7. The Bertz CT molecular complexity index is 1490. The fourth-order valence-corrected chi connectivity index (χ4v) is 5.41. The lowest BCUT2D eigenvalue weighted by Gasteiger charge is -2.28. The number of hydrogen-bond acceptors (Lipinski definition) is 8. The second-order valence-electron chi connectivity index (χ2n) is 9.96. The molecule has 0 amide bonds. The van der Waals surface area contributed by atoms with E-state index in [1.54, 1.807) is 11.1 Å². The van der Waals surface area contributed by atoms with Gasteiger partial charge in [-0.2, -0.15) is 5.26 Å². The van der Waals surface area contributed by atoms with E-state index in [0.717, 1.165) is 59.7 Å². The first-order valence-electron chi connectivity index (χ1n) is 13.3. The molecule has 4 aromatic rings. The summed E-state index contributed by atoms with van der Waals surface area (Å²) < 4.78 is 11.6. The number of fused-ring (bicyclic) bond motifs is 1. The summed E-state index contributed by atoms with van der Waals surface area (Å²) in [5, 5.41) is 30.0. The lowest BCUT2D eigenvalue weighted by molar-refractivity contribution is -0.0261. The van der Waals surface area contributed by atoms with Gasteiger partial charge in [0.25, 0.3) is 0 Å². The molecule has 3 N–H and O–H groups in total. The van der Waals surface area contributed by atoms with Crippen molar-refractivity contribution in [3.05, 3.63) is 66.4 Å². The number of anilines is 1. The Hall–Kier alpha value is -3.94. The van der Waals surface area contributed by atoms with Gasteiger partial charge in [-0.3, -0.25) is 4.90 Å². The summed E-state index contributed by atoms with van der Waals surface area (Å²) in [6.45, 7) is 4.14. The second-order valence-corrected chi connectivity index (χ2v) is 9.96. The van der Waals surface area contributed by atoms with Crippen molar-refractivity contribution in [2.45, 2.75) is 18.8 Å². The zero-order chi connectivity index (χ0) is 26.8. The molecular weight excluding hydrogens is 494 g/mol. The molecule has 1 unspecified atom stereocenters. The highest BCUT2D eigenvalue weighted by atomic mass is 16.5. The van der Waals surface area contributed by atoms with E-state index in [0.29, 0.717) is 30.8 Å². The molecule has 2 atom stereocenters. The molecule has 39 heavy (non-hydrogen) atoms. The Morgan fingerprint density at radius 2 is 1.87 bits per heavy atom. The van der Waals surface area contributed by atoms with Crippen LogP contribution in [0, 0.1) is 11.3 Å². The number of aromatic amines is 1. The number of nitrogens with one attached hydrogen (secondary N) is 1. The van der Waals surface area contributed by atoms with Gasteiger partial charge in [-0.1, -0.05) is 18.2 Å². The highest BCUT2D eigenvalue weighted by molar-refractivity contribution is 5.96. The normalized spacial score (nSPS) is 18.8. The smallest absolute Gasteiger partial charge is 0.138 e. The quantitative estimate of drug-likeness (QED) is 0.336. The van der Waals surface area contributed by atoms with Gasteiger partial charge < -0.3 is 29.6 Å². The number of nitriles is 1. The van der Waals surface area contributed by atoms with Crippen molar-refractivity contribution in [2.75, 3.05) is 50.9 Å². The largest absolute Gasteiger partial charge is 0.488 e. The van der Waals surface area contributed by atoms with Crippen molar-refractivity contribution in [1.82, 2.24) is 14.9 Å². The molecule has 2 aromatic carbocycles. The van der Waals surface area contributed by atoms with Crippen LogP contribution in [0.2, 0.25) is 0 Å². The molecule has 0 bridgehead atoms. The van der Waals surface area contributed by atoms with Gasteiger partial charge >= 0.3 is 0 Å². The Morgan fingerprint density at radius 3 is 2.64 bits per heavy atom. The van der Waals surface area contributed by atoms with E-state index in [1.165, 1.54) is 5.69 Å². The maximum atomic E-state index is 9.89. The van der Waals surface area contributed by atoms with Crippen molar-refractivity contribution in [3.63, 3.8) is 0 Å². The van der Waals surface area contributed by atoms with Crippen LogP contribution in [0.15, 0.2) is 60.8 Å². The SMILES string of the molecule is N#Cc1cc(-c2ccnc3[nH]c(-c4ccc(N5CCOCC5)cc4)cc23)ccc1O[C@H]1CCN(C(O)CO)C1. The highest BCUT2D eigenvalue weighted by Crippen LogP contribution is 2.34. The molecule has 9 nitrogen and oxygen atoms in total. The molecule has 2 saturated heterocycles. The fourth-order valence-electron chi connectivity index (χ4n) is 5.41. The van der Waals surface area contributed by atoms with Crippen molar-refractivity contribution in [1.29, 1.82) is 5.26 Å². The molecule has 2 aliphatic rings. The van der Waals surface area contributed by atoms with Gasteiger partial charge in [0.2, 0.25) is 0 Å². The molecule has 4 heterocycles. The van der Waals surface area contributed by atoms with Crippen molar-refractivity contribution in [3.8, 4) is 34.2 Å². The molecule has 0 spiro atoms. The van der Waals surface area contributed by atoms with Crippen LogP contribution >= 0.6 is 0 Å². The number of aliphatic hydroxyl groups is 2. The predicted molar refractivity (Wildman–Crippen MR) is 148 cm³/mol. The molecule has 9 heteroatoms. The first kappa shape index (κ1) is 25.3. The minimum Gasteiger partial charge on any atom is -0.488 e. The number of benzene rings is 2. The summed E-state index contributed by atoms with van der Waals surface area (Å²) >= 11 is 0. The maximum absolute atomic E-state index is 9.89. The van der Waals surface area contributed by atoms with Crippen molar-refractivity contribution < 1.29 is 19.7 Å². The van der Waals surface area contributed by atoms with Crippen LogP contribution in [0.1, 0.15) is 12.0 Å². The van der Waals surface area contributed by atoms with E-state index in [1.807, 2.05) is 24.3 Å². The Balaban J connectivity index is 1.24. The predicted octanol–water partition coefficient (Wildman–Crippen LogP) is 3.37. The van der Waals surface area contributed by atoms with Gasteiger partial charge in [0.15, 0.2) is 0 Å². The zero-order valence-corrected chi connectivity index (χ0v) is 21.6. The van der Waals surface area contributed by atoms with Gasteiger partial charge in [0.1, 0.15) is 29.8 Å². The average molecular weight is 526 g/mol. The summed E-state index contributed by atoms with van der Waals surface area (Å²) in [6.07, 6.45) is 1.45. The number of aliphatic hydroxyl groups excluding tert-OH is 2. The summed E-state index contributed by atoms with van der Waals surface area (Å²) in [5.74, 6) is 0.520. The van der Waals surface area contributed by atoms with Gasteiger partial charge in [-0.05, 0) is 59.5 Å². The number of nitrogens with zero attached hydrogens (tertiary/aromatic N) is 4. The summed E-state index contributed by atoms with van der Waals surface area (Å²) in [5.41, 5.74) is 6.37. The zero-order valence-electron chi connectivity index (χ0n) is 21.6. The molecule has 6 rings (SSSR count). The standard InChI is InChI=1S/C30H31N5O4/c31-17-22-15-21(3-6-28(22)39-24-8-10-35(18-24)29(37)19-36)25-7-9-32-30-26(25)16-27(33-30)20-1-4-23(5-2-20)34-11-13-38-14-12-34/h1-7,9,15-16,24,29,36-37H,8,10-14,18-19H2,(H,32,33)/t24-,29?/m0/s1.